The molecule has 0 saturated heterocycles. The lowest BCUT2D eigenvalue weighted by Crippen LogP contribution is -2.13. The molecule has 4 aromatic rings. The van der Waals surface area contributed by atoms with Gasteiger partial charge in [0.15, 0.2) is 16.3 Å². The third kappa shape index (κ3) is 2.88. The molecule has 1 amide bonds. The third-order valence-electron chi connectivity index (χ3n) is 4.41. The highest BCUT2D eigenvalue weighted by molar-refractivity contribution is 7.16. The van der Waals surface area contributed by atoms with Crippen LogP contribution < -0.4 is 4.80 Å². The molecule has 2 heterocycles. The normalized spacial score (nSPS) is 12.0. The number of thiazole rings is 1. The zero-order valence-corrected chi connectivity index (χ0v) is 15.5. The number of benzene rings is 2. The molecular weight excluding hydrogens is 346 g/mol. The van der Waals surface area contributed by atoms with Gasteiger partial charge in [-0.05, 0) is 37.1 Å². The number of hydrogen-bond donors (Lipinski definition) is 0. The Balaban J connectivity index is 1.73. The van der Waals surface area contributed by atoms with Crippen LogP contribution in [0.3, 0.4) is 0 Å². The highest BCUT2D eigenvalue weighted by Gasteiger charge is 2.14. The summed E-state index contributed by atoms with van der Waals surface area (Å²) in [7, 11) is 1.91. The van der Waals surface area contributed by atoms with Crippen molar-refractivity contribution < 1.29 is 9.32 Å². The van der Waals surface area contributed by atoms with Gasteiger partial charge in [-0.2, -0.15) is 4.99 Å². The van der Waals surface area contributed by atoms with Crippen molar-refractivity contribution in [2.24, 2.45) is 12.0 Å². The molecule has 0 spiro atoms. The van der Waals surface area contributed by atoms with Crippen LogP contribution in [0.25, 0.3) is 21.5 Å². The topological polar surface area (TPSA) is 60.4 Å². The van der Waals surface area contributed by atoms with Gasteiger partial charge in [-0.15, -0.1) is 0 Å². The van der Waals surface area contributed by atoms with Crippen molar-refractivity contribution in [1.82, 2.24) is 9.72 Å². The Hall–Kier alpha value is -2.99. The Bertz CT molecular complexity index is 1180. The maximum atomic E-state index is 12.5. The average molecular weight is 363 g/mol. The number of hydrogen-bond acceptors (Lipinski definition) is 4. The number of fused-ring (bicyclic) bond motifs is 1. The first-order valence-electron chi connectivity index (χ1n) is 8.21. The Morgan fingerprint density at radius 2 is 1.85 bits per heavy atom. The zero-order valence-electron chi connectivity index (χ0n) is 14.7. The summed E-state index contributed by atoms with van der Waals surface area (Å²) in [5, 5.41) is 3.88. The Labute approximate surface area is 154 Å². The van der Waals surface area contributed by atoms with Crippen molar-refractivity contribution in [3.63, 3.8) is 0 Å². The van der Waals surface area contributed by atoms with Gasteiger partial charge in [0.1, 0.15) is 0 Å². The first-order valence-corrected chi connectivity index (χ1v) is 9.02. The van der Waals surface area contributed by atoms with Gasteiger partial charge in [0.05, 0.1) is 10.2 Å². The Kier molecular flexibility index (Phi) is 4.05. The van der Waals surface area contributed by atoms with E-state index in [2.05, 4.69) is 36.1 Å². The zero-order chi connectivity index (χ0) is 18.3. The summed E-state index contributed by atoms with van der Waals surface area (Å²) in [6.45, 7) is 4.16. The minimum absolute atomic E-state index is 0.202. The summed E-state index contributed by atoms with van der Waals surface area (Å²) >= 11 is 1.49. The first kappa shape index (κ1) is 16.5. The monoisotopic (exact) mass is 363 g/mol. The second-order valence-electron chi connectivity index (χ2n) is 6.21. The first-order chi connectivity index (χ1) is 12.5. The van der Waals surface area contributed by atoms with E-state index in [9.17, 15) is 4.79 Å². The molecule has 2 aromatic heterocycles. The molecule has 130 valence electrons. The van der Waals surface area contributed by atoms with Crippen molar-refractivity contribution in [1.29, 1.82) is 0 Å². The van der Waals surface area contributed by atoms with Crippen LogP contribution in [0.2, 0.25) is 0 Å². The van der Waals surface area contributed by atoms with Gasteiger partial charge in [0.25, 0.3) is 0 Å². The van der Waals surface area contributed by atoms with Crippen molar-refractivity contribution in [2.45, 2.75) is 13.8 Å². The largest absolute Gasteiger partial charge is 0.355 e. The van der Waals surface area contributed by atoms with Crippen LogP contribution in [0.5, 0.6) is 0 Å². The van der Waals surface area contributed by atoms with E-state index in [0.717, 1.165) is 15.8 Å². The van der Waals surface area contributed by atoms with Crippen LogP contribution >= 0.6 is 11.3 Å². The van der Waals surface area contributed by atoms with Gasteiger partial charge in [0.2, 0.25) is 0 Å². The highest BCUT2D eigenvalue weighted by atomic mass is 32.1. The fourth-order valence-corrected chi connectivity index (χ4v) is 3.84. The van der Waals surface area contributed by atoms with E-state index in [1.54, 1.807) is 6.07 Å². The molecule has 6 heteroatoms. The quantitative estimate of drug-likeness (QED) is 0.535. The van der Waals surface area contributed by atoms with E-state index in [4.69, 9.17) is 4.52 Å². The number of aromatic nitrogens is 2. The van der Waals surface area contributed by atoms with Crippen LogP contribution in [0.1, 0.15) is 21.6 Å². The third-order valence-corrected chi connectivity index (χ3v) is 5.50. The fraction of sp³-hybridized carbons (Fsp3) is 0.150. The maximum absolute atomic E-state index is 12.5. The van der Waals surface area contributed by atoms with Gasteiger partial charge >= 0.3 is 5.91 Å². The molecule has 0 aliphatic rings. The standard InChI is InChI=1S/C20H17N3O2S/c1-12-9-16-18(10-13(12)2)26-20(23(16)3)21-19(24)15-11-17(25-22-15)14-7-5-4-6-8-14/h4-11H,1-3H3. The molecule has 0 radical (unpaired) electrons. The number of carbonyl (C=O) groups excluding carboxylic acids is 1. The lowest BCUT2D eigenvalue weighted by Gasteiger charge is -2.00. The minimum atomic E-state index is -0.411. The van der Waals surface area contributed by atoms with E-state index in [-0.39, 0.29) is 5.69 Å². The number of nitrogens with zero attached hydrogens (tertiary/aromatic N) is 3. The molecule has 26 heavy (non-hydrogen) atoms. The summed E-state index contributed by atoms with van der Waals surface area (Å²) in [4.78, 5) is 17.4. The number of aryl methyl sites for hydroxylation is 3. The molecular formula is C20H17N3O2S. The van der Waals surface area contributed by atoms with Crippen LogP contribution in [0.15, 0.2) is 58.0 Å². The van der Waals surface area contributed by atoms with Gasteiger partial charge in [-0.1, -0.05) is 46.8 Å². The second kappa shape index (κ2) is 6.38. The lowest BCUT2D eigenvalue weighted by atomic mass is 10.1. The van der Waals surface area contributed by atoms with Crippen molar-refractivity contribution in [3.8, 4) is 11.3 Å². The summed E-state index contributed by atoms with van der Waals surface area (Å²) in [5.41, 5.74) is 4.58. The summed E-state index contributed by atoms with van der Waals surface area (Å²) in [6, 6.07) is 15.4. The molecule has 0 aliphatic heterocycles. The van der Waals surface area contributed by atoms with Crippen molar-refractivity contribution in [2.75, 3.05) is 0 Å². The van der Waals surface area contributed by atoms with Crippen molar-refractivity contribution >= 4 is 27.5 Å². The van der Waals surface area contributed by atoms with E-state index in [1.807, 2.05) is 41.9 Å². The van der Waals surface area contributed by atoms with E-state index >= 15 is 0 Å². The van der Waals surface area contributed by atoms with Crippen LogP contribution in [0, 0.1) is 13.8 Å². The molecule has 5 nitrogen and oxygen atoms in total. The number of rotatable bonds is 2. The Morgan fingerprint density at radius 1 is 1.12 bits per heavy atom. The smallest absolute Gasteiger partial charge is 0.301 e. The highest BCUT2D eigenvalue weighted by Crippen LogP contribution is 2.22. The van der Waals surface area contributed by atoms with Crippen molar-refractivity contribution in [3.05, 3.63) is 70.2 Å². The van der Waals surface area contributed by atoms with Crippen LogP contribution in [-0.4, -0.2) is 15.6 Å². The molecule has 0 aliphatic carbocycles. The summed E-state index contributed by atoms with van der Waals surface area (Å²) in [5.74, 6) is 0.141. The number of amides is 1. The van der Waals surface area contributed by atoms with Gasteiger partial charge in [-0.3, -0.25) is 4.79 Å². The predicted octanol–water partition coefficient (Wildman–Crippen LogP) is 4.25. The summed E-state index contributed by atoms with van der Waals surface area (Å²) in [6.07, 6.45) is 0. The lowest BCUT2D eigenvalue weighted by molar-refractivity contribution is 0.0989. The minimum Gasteiger partial charge on any atom is -0.355 e. The van der Waals surface area contributed by atoms with E-state index < -0.39 is 5.91 Å². The van der Waals surface area contributed by atoms with Gasteiger partial charge in [-0.25, -0.2) is 0 Å². The van der Waals surface area contributed by atoms with Gasteiger partial charge in [0, 0.05) is 18.7 Å². The second-order valence-corrected chi connectivity index (χ2v) is 7.22. The molecule has 0 unspecified atom stereocenters. The molecule has 0 atom stereocenters. The molecule has 0 bridgehead atoms. The van der Waals surface area contributed by atoms with Gasteiger partial charge < -0.3 is 9.09 Å². The Morgan fingerprint density at radius 3 is 2.62 bits per heavy atom. The van der Waals surface area contributed by atoms with Crippen LogP contribution in [-0.2, 0) is 7.05 Å². The SMILES string of the molecule is Cc1cc2sc(=NC(=O)c3cc(-c4ccccc4)on3)n(C)c2cc1C. The maximum Gasteiger partial charge on any atom is 0.301 e. The average Bonchev–Trinajstić information content (AvgIpc) is 3.24. The number of carbonyl (C=O) groups is 1. The molecule has 2 aromatic carbocycles. The molecule has 0 saturated carbocycles. The fourth-order valence-electron chi connectivity index (χ4n) is 2.74. The van der Waals surface area contributed by atoms with Crippen LogP contribution in [0.4, 0.5) is 0 Å². The molecule has 0 N–H and O–H groups in total. The summed E-state index contributed by atoms with van der Waals surface area (Å²) < 4.78 is 8.33. The van der Waals surface area contributed by atoms with E-state index in [0.29, 0.717) is 10.6 Å². The van der Waals surface area contributed by atoms with E-state index in [1.165, 1.54) is 22.5 Å². The predicted molar refractivity (Wildman–Crippen MR) is 102 cm³/mol. The molecule has 0 fully saturated rings. The molecule has 4 rings (SSSR count).